The zero-order valence-electron chi connectivity index (χ0n) is 22.4. The Morgan fingerprint density at radius 3 is 2.46 bits per heavy atom. The zero-order valence-corrected chi connectivity index (χ0v) is 23.2. The van der Waals surface area contributed by atoms with E-state index in [9.17, 15) is 21.6 Å². The number of hydrogen-bond donors (Lipinski definition) is 2. The molecule has 2 fully saturated rings. The Bertz CT molecular complexity index is 1590. The second kappa shape index (κ2) is 10.4. The van der Waals surface area contributed by atoms with Crippen LogP contribution in [0.15, 0.2) is 42.6 Å². The summed E-state index contributed by atoms with van der Waals surface area (Å²) in [6.07, 6.45) is 7.05. The van der Waals surface area contributed by atoms with E-state index in [2.05, 4.69) is 24.9 Å². The smallest absolute Gasteiger partial charge is 0.251 e. The second-order valence-corrected chi connectivity index (χ2v) is 13.0. The fraction of sp³-hybridized carbons (Fsp3) is 0.464. The summed E-state index contributed by atoms with van der Waals surface area (Å²) < 4.78 is 70.8. The fourth-order valence-electron chi connectivity index (χ4n) is 5.60. The first-order valence-electron chi connectivity index (χ1n) is 13.7. The molecule has 1 aliphatic heterocycles. The van der Waals surface area contributed by atoms with Crippen LogP contribution in [-0.2, 0) is 10.0 Å². The van der Waals surface area contributed by atoms with Gasteiger partial charge in [-0.2, -0.15) is 0 Å². The van der Waals surface area contributed by atoms with Gasteiger partial charge in [-0.3, -0.25) is 4.72 Å². The molecule has 1 aromatic carbocycles. The zero-order chi connectivity index (χ0) is 28.8. The summed E-state index contributed by atoms with van der Waals surface area (Å²) in [5.41, 5.74) is 3.38. The molecule has 1 spiro atoms. The maximum Gasteiger partial charge on any atom is 0.251 e. The van der Waals surface area contributed by atoms with Gasteiger partial charge < -0.3 is 10.0 Å². The lowest BCUT2D eigenvalue weighted by atomic mass is 9.93. The number of alkyl halides is 2. The minimum absolute atomic E-state index is 0.0319. The molecule has 0 bridgehead atoms. The Hall–Kier alpha value is -3.45. The van der Waals surface area contributed by atoms with Crippen molar-refractivity contribution in [3.63, 3.8) is 0 Å². The first kappa shape index (κ1) is 27.7. The number of nitrogens with one attached hydrogen (secondary N) is 1. The normalized spacial score (nSPS) is 19.7. The van der Waals surface area contributed by atoms with Crippen LogP contribution in [0.3, 0.4) is 0 Å². The number of nitrogens with zero attached hydrogens (tertiary/aromatic N) is 5. The van der Waals surface area contributed by atoms with Crippen molar-refractivity contribution in [2.75, 3.05) is 35.1 Å². The molecule has 9 nitrogen and oxygen atoms in total. The molecule has 2 aliphatic carbocycles. The van der Waals surface area contributed by atoms with Gasteiger partial charge in [-0.05, 0) is 73.4 Å². The van der Waals surface area contributed by atoms with Gasteiger partial charge in [0.2, 0.25) is 10.0 Å². The van der Waals surface area contributed by atoms with Gasteiger partial charge in [-0.1, -0.05) is 11.3 Å². The van der Waals surface area contributed by atoms with E-state index in [1.807, 2.05) is 0 Å². The van der Waals surface area contributed by atoms with Crippen LogP contribution in [0.4, 0.5) is 24.5 Å². The SMILES string of the molecule is O=S(=O)(CCO)Nc1ccc(-n2cc(-c3nc(C4=CCC(F)(F)CC4)ccc3F)nn2)c(N2CCC3(CC2)CC3)c1. The van der Waals surface area contributed by atoms with Crippen molar-refractivity contribution in [2.45, 2.75) is 50.9 Å². The molecule has 6 rings (SSSR count). The minimum atomic E-state index is -3.72. The Morgan fingerprint density at radius 2 is 1.78 bits per heavy atom. The van der Waals surface area contributed by atoms with Crippen molar-refractivity contribution in [2.24, 2.45) is 5.41 Å². The van der Waals surface area contributed by atoms with E-state index >= 15 is 0 Å². The number of hydrogen-bond acceptors (Lipinski definition) is 7. The fourth-order valence-corrected chi connectivity index (χ4v) is 6.43. The summed E-state index contributed by atoms with van der Waals surface area (Å²) >= 11 is 0. The van der Waals surface area contributed by atoms with Crippen molar-refractivity contribution < 1.29 is 26.7 Å². The number of aliphatic hydroxyl groups is 1. The summed E-state index contributed by atoms with van der Waals surface area (Å²) in [4.78, 5) is 6.61. The van der Waals surface area contributed by atoms with Crippen molar-refractivity contribution in [3.05, 3.63) is 54.1 Å². The third-order valence-electron chi connectivity index (χ3n) is 8.30. The predicted molar refractivity (Wildman–Crippen MR) is 149 cm³/mol. The number of rotatable bonds is 8. The molecule has 41 heavy (non-hydrogen) atoms. The maximum absolute atomic E-state index is 14.9. The molecule has 13 heteroatoms. The topological polar surface area (TPSA) is 113 Å². The third kappa shape index (κ3) is 5.96. The Balaban J connectivity index is 1.32. The highest BCUT2D eigenvalue weighted by Gasteiger charge is 2.44. The Labute approximate surface area is 236 Å². The van der Waals surface area contributed by atoms with Gasteiger partial charge in [0.25, 0.3) is 5.92 Å². The van der Waals surface area contributed by atoms with E-state index < -0.39 is 34.1 Å². The second-order valence-electron chi connectivity index (χ2n) is 11.2. The van der Waals surface area contributed by atoms with Crippen LogP contribution in [0, 0.1) is 11.2 Å². The van der Waals surface area contributed by atoms with Crippen LogP contribution < -0.4 is 9.62 Å². The van der Waals surface area contributed by atoms with E-state index in [1.165, 1.54) is 35.7 Å². The summed E-state index contributed by atoms with van der Waals surface area (Å²) in [5, 5.41) is 17.5. The lowest BCUT2D eigenvalue weighted by Gasteiger charge is -2.35. The highest BCUT2D eigenvalue weighted by Crippen LogP contribution is 2.54. The van der Waals surface area contributed by atoms with Crippen LogP contribution in [0.5, 0.6) is 0 Å². The number of anilines is 2. The summed E-state index contributed by atoms with van der Waals surface area (Å²) in [7, 11) is -3.72. The molecular weight excluding hydrogens is 557 g/mol. The van der Waals surface area contributed by atoms with Crippen molar-refractivity contribution in [3.8, 4) is 17.1 Å². The molecule has 2 aromatic heterocycles. The minimum Gasteiger partial charge on any atom is -0.395 e. The molecule has 3 heterocycles. The summed E-state index contributed by atoms with van der Waals surface area (Å²) in [6, 6.07) is 7.80. The van der Waals surface area contributed by atoms with E-state index in [-0.39, 0.29) is 30.7 Å². The van der Waals surface area contributed by atoms with Crippen molar-refractivity contribution >= 4 is 27.0 Å². The van der Waals surface area contributed by atoms with E-state index in [0.717, 1.165) is 31.6 Å². The van der Waals surface area contributed by atoms with Crippen molar-refractivity contribution in [1.29, 1.82) is 0 Å². The highest BCUT2D eigenvalue weighted by atomic mass is 32.2. The summed E-state index contributed by atoms with van der Waals surface area (Å²) in [6.45, 7) is 1.10. The van der Waals surface area contributed by atoms with Gasteiger partial charge in [0, 0.05) is 25.9 Å². The van der Waals surface area contributed by atoms with E-state index in [1.54, 1.807) is 24.4 Å². The number of halogens is 3. The number of allylic oxidation sites excluding steroid dienone is 2. The molecule has 2 N–H and O–H groups in total. The predicted octanol–water partition coefficient (Wildman–Crippen LogP) is 4.79. The van der Waals surface area contributed by atoms with Crippen LogP contribution in [0.2, 0.25) is 0 Å². The van der Waals surface area contributed by atoms with Crippen molar-refractivity contribution in [1.82, 2.24) is 20.0 Å². The van der Waals surface area contributed by atoms with Gasteiger partial charge >= 0.3 is 0 Å². The van der Waals surface area contributed by atoms with E-state index in [4.69, 9.17) is 5.11 Å². The molecule has 0 atom stereocenters. The number of sulfonamides is 1. The molecule has 0 unspecified atom stereocenters. The van der Waals surface area contributed by atoms with Gasteiger partial charge in [0.05, 0.1) is 41.3 Å². The number of benzene rings is 1. The molecule has 3 aliphatic rings. The molecule has 0 amide bonds. The molecule has 218 valence electrons. The maximum atomic E-state index is 14.9. The standard InChI is InChI=1S/C28H31F3N6O3S/c29-21-2-3-22(19-5-7-28(30,31)8-6-19)32-26(21)23-18-37(35-33-23)24-4-1-20(34-41(39,40)16-15-38)17-25(24)36-13-11-27(9-10-27)12-14-36/h1-5,17-18,34,38H,6-16H2. The van der Waals surface area contributed by atoms with Gasteiger partial charge in [-0.15, -0.1) is 5.10 Å². The largest absolute Gasteiger partial charge is 0.395 e. The molecular formula is C28H31F3N6O3S. The number of aliphatic hydroxyl groups excluding tert-OH is 1. The Kier molecular flexibility index (Phi) is 7.05. The number of aromatic nitrogens is 4. The van der Waals surface area contributed by atoms with Gasteiger partial charge in [0.1, 0.15) is 11.4 Å². The quantitative estimate of drug-likeness (QED) is 0.389. The third-order valence-corrected chi connectivity index (χ3v) is 9.56. The monoisotopic (exact) mass is 588 g/mol. The first-order valence-corrected chi connectivity index (χ1v) is 15.4. The lowest BCUT2D eigenvalue weighted by Crippen LogP contribution is -2.35. The summed E-state index contributed by atoms with van der Waals surface area (Å²) in [5.74, 6) is -3.77. The van der Waals surface area contributed by atoms with Crippen LogP contribution >= 0.6 is 0 Å². The number of piperidine rings is 1. The highest BCUT2D eigenvalue weighted by molar-refractivity contribution is 7.92. The molecule has 1 saturated heterocycles. The lowest BCUT2D eigenvalue weighted by molar-refractivity contribution is -0.00606. The van der Waals surface area contributed by atoms with Crippen LogP contribution in [0.1, 0.15) is 50.6 Å². The Morgan fingerprint density at radius 1 is 1.00 bits per heavy atom. The van der Waals surface area contributed by atoms with E-state index in [0.29, 0.717) is 28.1 Å². The van der Waals surface area contributed by atoms with Crippen LogP contribution in [0.25, 0.3) is 22.6 Å². The van der Waals surface area contributed by atoms with Gasteiger partial charge in [0.15, 0.2) is 5.82 Å². The molecule has 0 radical (unpaired) electrons. The first-order chi connectivity index (χ1) is 19.6. The van der Waals surface area contributed by atoms with Gasteiger partial charge in [-0.25, -0.2) is 31.3 Å². The van der Waals surface area contributed by atoms with Crippen LogP contribution in [-0.4, -0.2) is 64.9 Å². The molecule has 1 saturated carbocycles. The molecule has 3 aromatic rings. The average Bonchev–Trinajstić information content (AvgIpc) is 3.50. The number of pyridine rings is 1. The average molecular weight is 589 g/mol.